The Morgan fingerprint density at radius 2 is 1.32 bits per heavy atom. The van der Waals surface area contributed by atoms with Crippen molar-refractivity contribution in [2.75, 3.05) is 10.6 Å². The number of para-hydroxylation sites is 1. The van der Waals surface area contributed by atoms with Crippen molar-refractivity contribution in [2.45, 2.75) is 32.6 Å². The van der Waals surface area contributed by atoms with Crippen molar-refractivity contribution in [3.63, 3.8) is 0 Å². The van der Waals surface area contributed by atoms with E-state index >= 15 is 0 Å². The molecule has 6 rings (SSSR count). The van der Waals surface area contributed by atoms with Gasteiger partial charge in [-0.1, -0.05) is 99.7 Å². The van der Waals surface area contributed by atoms with Gasteiger partial charge in [-0.15, -0.1) is 0 Å². The summed E-state index contributed by atoms with van der Waals surface area (Å²) in [6.07, 6.45) is 9.40. The smallest absolute Gasteiger partial charge is 0.0545 e. The van der Waals surface area contributed by atoms with Crippen LogP contribution in [0.4, 0.5) is 17.1 Å². The molecular weight excluding hydrogens is 448 g/mol. The highest BCUT2D eigenvalue weighted by atomic mass is 14.9. The highest BCUT2D eigenvalue weighted by molar-refractivity contribution is 6.21. The zero-order valence-corrected chi connectivity index (χ0v) is 21.7. The standard InChI is InChI=1S/C35H32N2/c1-4-5-6-14-21-36-33-26-18-10-11-19-27(26)34(37-24-15-8-7-9-16-24)30-23-32-28(22-29(30)33)25-17-12-13-20-31(25)35(32,2)3/h5-23,36-37H,4H2,1-3H3/b6-5-,21-14?. The summed E-state index contributed by atoms with van der Waals surface area (Å²) in [6, 6.07) is 32.8. The number of rotatable bonds is 6. The second kappa shape index (κ2) is 9.29. The number of benzene rings is 5. The molecule has 2 N–H and O–H groups in total. The summed E-state index contributed by atoms with van der Waals surface area (Å²) in [7, 11) is 0. The lowest BCUT2D eigenvalue weighted by molar-refractivity contribution is 0.661. The first-order valence-electron chi connectivity index (χ1n) is 13.1. The lowest BCUT2D eigenvalue weighted by Gasteiger charge is -2.24. The SMILES string of the molecule is CC/C=C\C=CNc1c2ccccc2c(Nc2ccccc2)c2cc3c(cc12)-c1ccccc1C3(C)C. The molecule has 0 atom stereocenters. The molecular formula is C35H32N2. The Balaban J connectivity index is 1.67. The maximum atomic E-state index is 3.78. The third-order valence-electron chi connectivity index (χ3n) is 7.58. The second-order valence-electron chi connectivity index (χ2n) is 10.2. The van der Waals surface area contributed by atoms with Crippen LogP contribution in [-0.2, 0) is 5.41 Å². The third kappa shape index (κ3) is 3.90. The average molecular weight is 481 g/mol. The van der Waals surface area contributed by atoms with E-state index in [-0.39, 0.29) is 5.41 Å². The van der Waals surface area contributed by atoms with Gasteiger partial charge >= 0.3 is 0 Å². The summed E-state index contributed by atoms with van der Waals surface area (Å²) in [5, 5.41) is 12.3. The Morgan fingerprint density at radius 1 is 0.649 bits per heavy atom. The van der Waals surface area contributed by atoms with Crippen LogP contribution >= 0.6 is 0 Å². The van der Waals surface area contributed by atoms with E-state index < -0.39 is 0 Å². The molecule has 5 aromatic rings. The first-order valence-corrected chi connectivity index (χ1v) is 13.1. The number of anilines is 3. The number of hydrogen-bond acceptors (Lipinski definition) is 2. The van der Waals surface area contributed by atoms with Gasteiger partial charge in [-0.25, -0.2) is 0 Å². The van der Waals surface area contributed by atoms with Gasteiger partial charge in [-0.05, 0) is 59.0 Å². The van der Waals surface area contributed by atoms with Crippen molar-refractivity contribution in [1.82, 2.24) is 0 Å². The van der Waals surface area contributed by atoms with Gasteiger partial charge in [0.15, 0.2) is 0 Å². The van der Waals surface area contributed by atoms with Crippen molar-refractivity contribution in [3.05, 3.63) is 127 Å². The summed E-state index contributed by atoms with van der Waals surface area (Å²) < 4.78 is 0. The molecule has 1 aliphatic carbocycles. The van der Waals surface area contributed by atoms with Gasteiger partial charge in [0.25, 0.3) is 0 Å². The van der Waals surface area contributed by atoms with Crippen molar-refractivity contribution in [2.24, 2.45) is 0 Å². The summed E-state index contributed by atoms with van der Waals surface area (Å²) in [5.41, 5.74) is 8.73. The highest BCUT2D eigenvalue weighted by Crippen LogP contribution is 2.52. The number of fused-ring (bicyclic) bond motifs is 5. The largest absolute Gasteiger partial charge is 0.361 e. The van der Waals surface area contributed by atoms with Crippen LogP contribution in [0.2, 0.25) is 0 Å². The minimum Gasteiger partial charge on any atom is -0.361 e. The van der Waals surface area contributed by atoms with E-state index in [4.69, 9.17) is 0 Å². The molecule has 0 bridgehead atoms. The Labute approximate surface area is 219 Å². The lowest BCUT2D eigenvalue weighted by atomic mass is 9.81. The second-order valence-corrected chi connectivity index (χ2v) is 10.2. The van der Waals surface area contributed by atoms with E-state index in [0.29, 0.717) is 0 Å². The van der Waals surface area contributed by atoms with Crippen molar-refractivity contribution in [1.29, 1.82) is 0 Å². The van der Waals surface area contributed by atoms with Gasteiger partial charge in [0.1, 0.15) is 0 Å². The highest BCUT2D eigenvalue weighted by Gasteiger charge is 2.36. The Kier molecular flexibility index (Phi) is 5.81. The van der Waals surface area contributed by atoms with Crippen molar-refractivity contribution < 1.29 is 0 Å². The topological polar surface area (TPSA) is 24.1 Å². The Hall–Kier alpha value is -4.30. The number of nitrogens with one attached hydrogen (secondary N) is 2. The molecule has 182 valence electrons. The zero-order valence-electron chi connectivity index (χ0n) is 21.7. The van der Waals surface area contributed by atoms with Gasteiger partial charge in [-0.2, -0.15) is 0 Å². The maximum absolute atomic E-state index is 3.78. The molecule has 0 aromatic heterocycles. The van der Waals surface area contributed by atoms with Crippen molar-refractivity contribution in [3.8, 4) is 11.1 Å². The number of allylic oxidation sites excluding steroid dienone is 3. The molecule has 0 saturated carbocycles. The van der Waals surface area contributed by atoms with Gasteiger partial charge in [0, 0.05) is 38.8 Å². The van der Waals surface area contributed by atoms with E-state index in [2.05, 4.69) is 141 Å². The minimum atomic E-state index is -0.0613. The van der Waals surface area contributed by atoms with Crippen LogP contribution < -0.4 is 10.6 Å². The van der Waals surface area contributed by atoms with Crippen LogP contribution in [-0.4, -0.2) is 0 Å². The minimum absolute atomic E-state index is 0.0613. The van der Waals surface area contributed by atoms with E-state index in [9.17, 15) is 0 Å². The average Bonchev–Trinajstić information content (AvgIpc) is 3.15. The Bertz CT molecular complexity index is 1670. The predicted octanol–water partition coefficient (Wildman–Crippen LogP) is 9.93. The third-order valence-corrected chi connectivity index (χ3v) is 7.58. The molecule has 0 spiro atoms. The normalized spacial score (nSPS) is 13.9. The molecule has 0 aliphatic heterocycles. The van der Waals surface area contributed by atoms with E-state index in [1.807, 2.05) is 6.20 Å². The van der Waals surface area contributed by atoms with Crippen LogP contribution in [0.5, 0.6) is 0 Å². The van der Waals surface area contributed by atoms with E-state index in [1.54, 1.807) is 0 Å². The fraction of sp³-hybridized carbons (Fsp3) is 0.143. The fourth-order valence-corrected chi connectivity index (χ4v) is 5.73. The summed E-state index contributed by atoms with van der Waals surface area (Å²) in [6.45, 7) is 6.84. The molecule has 1 aliphatic rings. The maximum Gasteiger partial charge on any atom is 0.0545 e. The fourth-order valence-electron chi connectivity index (χ4n) is 5.73. The molecule has 0 amide bonds. The molecule has 2 heteroatoms. The van der Waals surface area contributed by atoms with Crippen LogP contribution in [0.25, 0.3) is 32.7 Å². The van der Waals surface area contributed by atoms with Gasteiger partial charge < -0.3 is 10.6 Å². The first kappa shape index (κ1) is 23.1. The Morgan fingerprint density at radius 3 is 2.11 bits per heavy atom. The molecule has 0 saturated heterocycles. The summed E-state index contributed by atoms with van der Waals surface area (Å²) >= 11 is 0. The molecule has 5 aromatic carbocycles. The van der Waals surface area contributed by atoms with E-state index in [1.165, 1.54) is 43.8 Å². The van der Waals surface area contributed by atoms with Gasteiger partial charge in [0.05, 0.1) is 11.4 Å². The zero-order chi connectivity index (χ0) is 25.4. The molecule has 0 fully saturated rings. The summed E-state index contributed by atoms with van der Waals surface area (Å²) in [5.74, 6) is 0. The molecule has 2 nitrogen and oxygen atoms in total. The lowest BCUT2D eigenvalue weighted by Crippen LogP contribution is -2.15. The molecule has 0 unspecified atom stereocenters. The van der Waals surface area contributed by atoms with Crippen molar-refractivity contribution >= 4 is 38.6 Å². The van der Waals surface area contributed by atoms with Crippen LogP contribution in [0, 0.1) is 0 Å². The van der Waals surface area contributed by atoms with E-state index in [0.717, 1.165) is 23.5 Å². The molecule has 0 heterocycles. The predicted molar refractivity (Wildman–Crippen MR) is 161 cm³/mol. The summed E-state index contributed by atoms with van der Waals surface area (Å²) in [4.78, 5) is 0. The van der Waals surface area contributed by atoms with Crippen LogP contribution in [0.1, 0.15) is 38.3 Å². The van der Waals surface area contributed by atoms with Crippen LogP contribution in [0.15, 0.2) is 115 Å². The number of hydrogen-bond donors (Lipinski definition) is 2. The quantitative estimate of drug-likeness (QED) is 0.143. The molecule has 0 radical (unpaired) electrons. The van der Waals surface area contributed by atoms with Gasteiger partial charge in [0.2, 0.25) is 0 Å². The monoisotopic (exact) mass is 480 g/mol. The molecule has 37 heavy (non-hydrogen) atoms. The van der Waals surface area contributed by atoms with Crippen LogP contribution in [0.3, 0.4) is 0 Å². The van der Waals surface area contributed by atoms with Gasteiger partial charge in [-0.3, -0.25) is 0 Å². The first-order chi connectivity index (χ1) is 18.1.